The van der Waals surface area contributed by atoms with Crippen LogP contribution in [0.25, 0.3) is 0 Å². The summed E-state index contributed by atoms with van der Waals surface area (Å²) in [5, 5.41) is 3.84. The molecule has 0 aromatic heterocycles. The van der Waals surface area contributed by atoms with Crippen molar-refractivity contribution in [2.24, 2.45) is 0 Å². The van der Waals surface area contributed by atoms with Crippen LogP contribution in [0.5, 0.6) is 0 Å². The first-order valence-electron chi connectivity index (χ1n) is 7.87. The molecule has 2 aliphatic rings. The lowest BCUT2D eigenvalue weighted by atomic mass is 9.87. The van der Waals surface area contributed by atoms with Crippen molar-refractivity contribution in [3.05, 3.63) is 0 Å². The van der Waals surface area contributed by atoms with E-state index in [0.29, 0.717) is 5.54 Å². The molecule has 3 heteroatoms. The number of hydrogen-bond acceptors (Lipinski definition) is 3. The van der Waals surface area contributed by atoms with Gasteiger partial charge in [-0.3, -0.25) is 4.90 Å². The first-order chi connectivity index (χ1) is 8.73. The Morgan fingerprint density at radius 3 is 2.37 bits per heavy atom. The van der Waals surface area contributed by atoms with E-state index in [1.807, 2.05) is 0 Å². The fourth-order valence-electron chi connectivity index (χ4n) is 3.38. The molecule has 0 unspecified atom stereocenters. The lowest BCUT2D eigenvalue weighted by Gasteiger charge is -2.51. The maximum Gasteiger partial charge on any atom is 0.0600 e. The van der Waals surface area contributed by atoms with Crippen LogP contribution in [0.4, 0.5) is 0 Å². The van der Waals surface area contributed by atoms with Crippen molar-refractivity contribution in [1.29, 1.82) is 0 Å². The fourth-order valence-corrected chi connectivity index (χ4v) is 3.38. The zero-order valence-corrected chi connectivity index (χ0v) is 13.5. The first kappa shape index (κ1) is 15.3. The van der Waals surface area contributed by atoms with Crippen LogP contribution in [-0.4, -0.2) is 47.8 Å². The summed E-state index contributed by atoms with van der Waals surface area (Å²) in [7, 11) is 0. The molecule has 2 rings (SSSR count). The van der Waals surface area contributed by atoms with E-state index in [1.165, 1.54) is 32.2 Å². The summed E-state index contributed by atoms with van der Waals surface area (Å²) in [6.45, 7) is 15.3. The molecule has 3 nitrogen and oxygen atoms in total. The third-order valence-corrected chi connectivity index (χ3v) is 4.70. The van der Waals surface area contributed by atoms with Gasteiger partial charge in [-0.25, -0.2) is 0 Å². The van der Waals surface area contributed by atoms with Crippen molar-refractivity contribution in [3.63, 3.8) is 0 Å². The number of piperazine rings is 1. The van der Waals surface area contributed by atoms with Gasteiger partial charge in [0.15, 0.2) is 0 Å². The van der Waals surface area contributed by atoms with E-state index >= 15 is 0 Å². The second kappa shape index (κ2) is 5.34. The van der Waals surface area contributed by atoms with Gasteiger partial charge in [0.2, 0.25) is 0 Å². The molecule has 1 N–H and O–H groups in total. The molecule has 0 radical (unpaired) electrons. The SMILES string of the molecule is CC(C)(C)OCCN1CC2(CCCC2)NCC1(C)C. The summed E-state index contributed by atoms with van der Waals surface area (Å²) in [6, 6.07) is 0. The number of nitrogens with one attached hydrogen (secondary N) is 1. The molecular formula is C16H32N2O. The van der Waals surface area contributed by atoms with Crippen LogP contribution < -0.4 is 5.32 Å². The molecule has 0 amide bonds. The largest absolute Gasteiger partial charge is 0.375 e. The predicted molar refractivity (Wildman–Crippen MR) is 80.6 cm³/mol. The van der Waals surface area contributed by atoms with E-state index in [0.717, 1.165) is 19.7 Å². The van der Waals surface area contributed by atoms with Crippen molar-refractivity contribution >= 4 is 0 Å². The molecule has 19 heavy (non-hydrogen) atoms. The van der Waals surface area contributed by atoms with Gasteiger partial charge in [-0.05, 0) is 47.5 Å². The normalized spacial score (nSPS) is 27.0. The van der Waals surface area contributed by atoms with E-state index < -0.39 is 0 Å². The van der Waals surface area contributed by atoms with Crippen LogP contribution in [0.3, 0.4) is 0 Å². The molecule has 1 aliphatic heterocycles. The minimum Gasteiger partial charge on any atom is -0.375 e. The Morgan fingerprint density at radius 1 is 1.16 bits per heavy atom. The highest BCUT2D eigenvalue weighted by Crippen LogP contribution is 2.35. The second-order valence-corrected chi connectivity index (χ2v) is 8.04. The van der Waals surface area contributed by atoms with Gasteiger partial charge in [-0.2, -0.15) is 0 Å². The zero-order chi connectivity index (χ0) is 14.1. The molecule has 112 valence electrons. The van der Waals surface area contributed by atoms with Crippen molar-refractivity contribution in [3.8, 4) is 0 Å². The fraction of sp³-hybridized carbons (Fsp3) is 1.00. The molecule has 1 saturated carbocycles. The summed E-state index contributed by atoms with van der Waals surface area (Å²) >= 11 is 0. The van der Waals surface area contributed by atoms with Gasteiger partial charge >= 0.3 is 0 Å². The Labute approximate surface area is 119 Å². The summed E-state index contributed by atoms with van der Waals surface area (Å²) < 4.78 is 5.91. The monoisotopic (exact) mass is 268 g/mol. The Hall–Kier alpha value is -0.120. The Balaban J connectivity index is 1.91. The zero-order valence-electron chi connectivity index (χ0n) is 13.5. The summed E-state index contributed by atoms with van der Waals surface area (Å²) in [6.07, 6.45) is 5.47. The number of nitrogens with zero attached hydrogens (tertiary/aromatic N) is 1. The number of ether oxygens (including phenoxy) is 1. The van der Waals surface area contributed by atoms with Gasteiger partial charge in [0.1, 0.15) is 0 Å². The van der Waals surface area contributed by atoms with Gasteiger partial charge in [-0.15, -0.1) is 0 Å². The Morgan fingerprint density at radius 2 is 1.79 bits per heavy atom. The van der Waals surface area contributed by atoms with E-state index in [9.17, 15) is 0 Å². The van der Waals surface area contributed by atoms with Gasteiger partial charge in [0, 0.05) is 30.7 Å². The molecule has 0 aromatic carbocycles. The maximum absolute atomic E-state index is 5.91. The quantitative estimate of drug-likeness (QED) is 0.852. The lowest BCUT2D eigenvalue weighted by Crippen LogP contribution is -2.67. The third kappa shape index (κ3) is 3.93. The summed E-state index contributed by atoms with van der Waals surface area (Å²) in [4.78, 5) is 2.64. The minimum absolute atomic E-state index is 0.0246. The predicted octanol–water partition coefficient (Wildman–Crippen LogP) is 2.80. The minimum atomic E-state index is -0.0246. The third-order valence-electron chi connectivity index (χ3n) is 4.70. The smallest absolute Gasteiger partial charge is 0.0600 e. The molecule has 0 bridgehead atoms. The van der Waals surface area contributed by atoms with Gasteiger partial charge in [0.05, 0.1) is 12.2 Å². The van der Waals surface area contributed by atoms with Crippen LogP contribution in [0.1, 0.15) is 60.3 Å². The summed E-state index contributed by atoms with van der Waals surface area (Å²) in [5.41, 5.74) is 0.621. The average molecular weight is 268 g/mol. The second-order valence-electron chi connectivity index (χ2n) is 8.04. The van der Waals surface area contributed by atoms with Crippen LogP contribution in [0.15, 0.2) is 0 Å². The highest BCUT2D eigenvalue weighted by Gasteiger charge is 2.43. The van der Waals surface area contributed by atoms with Gasteiger partial charge < -0.3 is 10.1 Å². The molecule has 0 atom stereocenters. The van der Waals surface area contributed by atoms with E-state index in [1.54, 1.807) is 0 Å². The Bertz CT molecular complexity index is 300. The lowest BCUT2D eigenvalue weighted by molar-refractivity contribution is -0.0418. The molecule has 0 aromatic rings. The van der Waals surface area contributed by atoms with Crippen molar-refractivity contribution < 1.29 is 4.74 Å². The molecule has 1 spiro atoms. The molecule has 1 saturated heterocycles. The molecule has 2 fully saturated rings. The average Bonchev–Trinajstić information content (AvgIpc) is 2.71. The van der Waals surface area contributed by atoms with Crippen LogP contribution in [-0.2, 0) is 4.74 Å². The van der Waals surface area contributed by atoms with Crippen LogP contribution in [0, 0.1) is 0 Å². The first-order valence-corrected chi connectivity index (χ1v) is 7.87. The van der Waals surface area contributed by atoms with Gasteiger partial charge in [-0.1, -0.05) is 12.8 Å². The number of rotatable bonds is 3. The van der Waals surface area contributed by atoms with E-state index in [4.69, 9.17) is 4.74 Å². The van der Waals surface area contributed by atoms with Crippen LogP contribution in [0.2, 0.25) is 0 Å². The molecular weight excluding hydrogens is 236 g/mol. The maximum atomic E-state index is 5.91. The number of hydrogen-bond donors (Lipinski definition) is 1. The van der Waals surface area contributed by atoms with Crippen LogP contribution >= 0.6 is 0 Å². The van der Waals surface area contributed by atoms with Crippen molar-refractivity contribution in [1.82, 2.24) is 10.2 Å². The highest BCUT2D eigenvalue weighted by molar-refractivity contribution is 5.04. The summed E-state index contributed by atoms with van der Waals surface area (Å²) in [5.74, 6) is 0. The van der Waals surface area contributed by atoms with Crippen molar-refractivity contribution in [2.75, 3.05) is 26.2 Å². The van der Waals surface area contributed by atoms with Gasteiger partial charge in [0.25, 0.3) is 0 Å². The highest BCUT2D eigenvalue weighted by atomic mass is 16.5. The standard InChI is InChI=1S/C16H32N2O/c1-14(2,3)19-11-10-18-13-16(8-6-7-9-16)17-12-15(18,4)5/h17H,6-13H2,1-5H3. The topological polar surface area (TPSA) is 24.5 Å². The Kier molecular flexibility index (Phi) is 4.29. The van der Waals surface area contributed by atoms with E-state index in [2.05, 4.69) is 44.8 Å². The van der Waals surface area contributed by atoms with Crippen molar-refractivity contribution in [2.45, 2.75) is 77.0 Å². The van der Waals surface area contributed by atoms with E-state index in [-0.39, 0.29) is 11.1 Å². The molecule has 1 heterocycles. The molecule has 1 aliphatic carbocycles.